The molecule has 0 fully saturated rings. The molecule has 0 radical (unpaired) electrons. The second-order valence-corrected chi connectivity index (χ2v) is 5.99. The van der Waals surface area contributed by atoms with E-state index in [0.717, 1.165) is 21.2 Å². The predicted molar refractivity (Wildman–Crippen MR) is 89.1 cm³/mol. The molecule has 0 aromatic heterocycles. The molecule has 3 aromatic rings. The van der Waals surface area contributed by atoms with Crippen molar-refractivity contribution in [2.75, 3.05) is 0 Å². The van der Waals surface area contributed by atoms with E-state index < -0.39 is 4.92 Å². The van der Waals surface area contributed by atoms with Gasteiger partial charge in [0.25, 0.3) is 5.69 Å². The Morgan fingerprint density at radius 3 is 2.41 bits per heavy atom. The van der Waals surface area contributed by atoms with E-state index in [-0.39, 0.29) is 5.69 Å². The summed E-state index contributed by atoms with van der Waals surface area (Å²) < 4.78 is 0. The van der Waals surface area contributed by atoms with E-state index in [9.17, 15) is 10.1 Å². The fraction of sp³-hybridized carbons (Fsp3) is 0. The van der Waals surface area contributed by atoms with Gasteiger partial charge >= 0.3 is 0 Å². The number of non-ortho nitro benzene ring substituents is 1. The lowest BCUT2D eigenvalue weighted by Crippen LogP contribution is -1.99. The average Bonchev–Trinajstić information content (AvgIpc) is 2.55. The molecule has 1 heterocycles. The molecular formula is C17H10N2O2S. The van der Waals surface area contributed by atoms with Crippen LogP contribution in [0, 0.1) is 10.1 Å². The van der Waals surface area contributed by atoms with Crippen molar-refractivity contribution in [1.82, 2.24) is 0 Å². The molecule has 0 spiro atoms. The first-order chi connectivity index (χ1) is 10.7. The number of thioether (sulfide) groups is 1. The lowest BCUT2D eigenvalue weighted by molar-refractivity contribution is -0.384. The molecule has 0 amide bonds. The van der Waals surface area contributed by atoms with Gasteiger partial charge in [-0.3, -0.25) is 10.1 Å². The molecule has 1 aliphatic heterocycles. The highest BCUT2D eigenvalue weighted by Gasteiger charge is 2.17. The van der Waals surface area contributed by atoms with Crippen LogP contribution in [0.2, 0.25) is 0 Å². The molecule has 5 heteroatoms. The summed E-state index contributed by atoms with van der Waals surface area (Å²) in [7, 11) is 0. The molecule has 22 heavy (non-hydrogen) atoms. The Labute approximate surface area is 130 Å². The third-order valence-electron chi connectivity index (χ3n) is 3.60. The third kappa shape index (κ3) is 2.07. The Morgan fingerprint density at radius 1 is 0.955 bits per heavy atom. The number of benzene rings is 3. The van der Waals surface area contributed by atoms with Gasteiger partial charge in [0.1, 0.15) is 5.04 Å². The number of rotatable bonds is 2. The summed E-state index contributed by atoms with van der Waals surface area (Å²) in [5.74, 6) is 0. The normalized spacial score (nSPS) is 13.0. The lowest BCUT2D eigenvalue weighted by atomic mass is 10.1. The zero-order valence-electron chi connectivity index (χ0n) is 11.4. The van der Waals surface area contributed by atoms with E-state index in [1.165, 1.54) is 22.9 Å². The third-order valence-corrected chi connectivity index (χ3v) is 4.68. The summed E-state index contributed by atoms with van der Waals surface area (Å²) >= 11 is 1.60. The first-order valence-electron chi connectivity index (χ1n) is 6.75. The van der Waals surface area contributed by atoms with Crippen LogP contribution in [-0.4, -0.2) is 9.97 Å². The van der Waals surface area contributed by atoms with Gasteiger partial charge in [0.15, 0.2) is 0 Å². The summed E-state index contributed by atoms with van der Waals surface area (Å²) in [4.78, 5) is 16.2. The maximum atomic E-state index is 10.7. The Hall–Kier alpha value is -2.66. The number of hydrogen-bond donors (Lipinski definition) is 0. The maximum Gasteiger partial charge on any atom is 0.269 e. The van der Waals surface area contributed by atoms with Crippen molar-refractivity contribution < 1.29 is 4.92 Å². The molecule has 0 saturated carbocycles. The Kier molecular flexibility index (Phi) is 2.94. The smallest absolute Gasteiger partial charge is 0.258 e. The van der Waals surface area contributed by atoms with Gasteiger partial charge < -0.3 is 0 Å². The first kappa shape index (κ1) is 13.0. The van der Waals surface area contributed by atoms with Crippen molar-refractivity contribution in [3.63, 3.8) is 0 Å². The Morgan fingerprint density at radius 2 is 1.68 bits per heavy atom. The van der Waals surface area contributed by atoms with Crippen molar-refractivity contribution in [3.05, 3.63) is 76.3 Å². The molecule has 0 N–H and O–H groups in total. The van der Waals surface area contributed by atoms with E-state index >= 15 is 0 Å². The van der Waals surface area contributed by atoms with E-state index in [1.54, 1.807) is 23.9 Å². The molecule has 106 valence electrons. The van der Waals surface area contributed by atoms with Crippen LogP contribution >= 0.6 is 11.8 Å². The van der Waals surface area contributed by atoms with Crippen molar-refractivity contribution in [2.24, 2.45) is 4.99 Å². The topological polar surface area (TPSA) is 55.5 Å². The standard InChI is InChI=1S/C17H10N2O2S/c20-19(21)13-9-7-12(8-10-13)17-18-14-5-1-3-11-4-2-6-15(22-17)16(11)14/h1-10H. The van der Waals surface area contributed by atoms with E-state index in [4.69, 9.17) is 4.99 Å². The second kappa shape index (κ2) is 4.96. The largest absolute Gasteiger partial charge is 0.269 e. The van der Waals surface area contributed by atoms with E-state index in [1.807, 2.05) is 18.2 Å². The predicted octanol–water partition coefficient (Wildman–Crippen LogP) is 4.93. The van der Waals surface area contributed by atoms with Crippen LogP contribution in [0.15, 0.2) is 70.6 Å². The molecule has 4 rings (SSSR count). The van der Waals surface area contributed by atoms with Gasteiger partial charge in [-0.05, 0) is 29.7 Å². The van der Waals surface area contributed by atoms with Gasteiger partial charge in [-0.25, -0.2) is 4.99 Å². The van der Waals surface area contributed by atoms with Gasteiger partial charge in [0.05, 0.1) is 10.6 Å². The zero-order chi connectivity index (χ0) is 15.1. The van der Waals surface area contributed by atoms with Gasteiger partial charge in [-0.1, -0.05) is 36.0 Å². The number of aliphatic imine (C=N–C) groups is 1. The Balaban J connectivity index is 1.83. The number of hydrogen-bond acceptors (Lipinski definition) is 4. The van der Waals surface area contributed by atoms with E-state index in [0.29, 0.717) is 0 Å². The molecule has 0 saturated heterocycles. The highest BCUT2D eigenvalue weighted by molar-refractivity contribution is 8.14. The minimum absolute atomic E-state index is 0.0904. The minimum Gasteiger partial charge on any atom is -0.258 e. The molecular weight excluding hydrogens is 296 g/mol. The monoisotopic (exact) mass is 306 g/mol. The van der Waals surface area contributed by atoms with Gasteiger partial charge in [0.2, 0.25) is 0 Å². The number of nitro benzene ring substituents is 1. The molecule has 3 aromatic carbocycles. The van der Waals surface area contributed by atoms with Crippen LogP contribution in [0.1, 0.15) is 5.56 Å². The van der Waals surface area contributed by atoms with Crippen LogP contribution in [0.5, 0.6) is 0 Å². The van der Waals surface area contributed by atoms with Crippen LogP contribution < -0.4 is 0 Å². The Bertz CT molecular complexity index is 928. The molecule has 0 unspecified atom stereocenters. The fourth-order valence-electron chi connectivity index (χ4n) is 2.55. The van der Waals surface area contributed by atoms with Crippen molar-refractivity contribution in [2.45, 2.75) is 4.90 Å². The summed E-state index contributed by atoms with van der Waals surface area (Å²) in [6, 6.07) is 18.8. The van der Waals surface area contributed by atoms with Crippen molar-refractivity contribution in [3.8, 4) is 0 Å². The van der Waals surface area contributed by atoms with Gasteiger partial charge in [-0.2, -0.15) is 0 Å². The SMILES string of the molecule is O=[N+]([O-])c1ccc(C2=Nc3cccc4cccc(c34)S2)cc1. The fourth-order valence-corrected chi connectivity index (χ4v) is 3.63. The van der Waals surface area contributed by atoms with Crippen LogP contribution in [0.4, 0.5) is 11.4 Å². The quantitative estimate of drug-likeness (QED) is 0.498. The summed E-state index contributed by atoms with van der Waals surface area (Å²) in [5, 5.41) is 14.0. The summed E-state index contributed by atoms with van der Waals surface area (Å²) in [6.45, 7) is 0. The molecule has 0 bridgehead atoms. The lowest BCUT2D eigenvalue weighted by Gasteiger charge is -2.16. The van der Waals surface area contributed by atoms with Gasteiger partial charge in [0, 0.05) is 28.0 Å². The molecule has 4 nitrogen and oxygen atoms in total. The van der Waals surface area contributed by atoms with Crippen molar-refractivity contribution >= 4 is 39.0 Å². The molecule has 0 aliphatic carbocycles. The maximum absolute atomic E-state index is 10.7. The highest BCUT2D eigenvalue weighted by atomic mass is 32.2. The average molecular weight is 306 g/mol. The molecule has 0 atom stereocenters. The minimum atomic E-state index is -0.393. The molecule has 1 aliphatic rings. The van der Waals surface area contributed by atoms with Crippen LogP contribution in [-0.2, 0) is 0 Å². The van der Waals surface area contributed by atoms with E-state index in [2.05, 4.69) is 18.2 Å². The number of nitrogens with zero attached hydrogens (tertiary/aromatic N) is 2. The van der Waals surface area contributed by atoms with Crippen LogP contribution in [0.3, 0.4) is 0 Å². The second-order valence-electron chi connectivity index (χ2n) is 4.95. The number of nitro groups is 1. The first-order valence-corrected chi connectivity index (χ1v) is 7.57. The summed E-state index contributed by atoms with van der Waals surface area (Å²) in [5.41, 5.74) is 1.93. The highest BCUT2D eigenvalue weighted by Crippen LogP contribution is 2.41. The van der Waals surface area contributed by atoms with Crippen molar-refractivity contribution in [1.29, 1.82) is 0 Å². The van der Waals surface area contributed by atoms with Crippen LogP contribution in [0.25, 0.3) is 10.8 Å². The van der Waals surface area contributed by atoms with Gasteiger partial charge in [-0.15, -0.1) is 0 Å². The summed E-state index contributed by atoms with van der Waals surface area (Å²) in [6.07, 6.45) is 0. The zero-order valence-corrected chi connectivity index (χ0v) is 12.2.